The zero-order chi connectivity index (χ0) is 14.7. The highest BCUT2D eigenvalue weighted by molar-refractivity contribution is 9.10. The Balaban J connectivity index is 1.56. The molecule has 2 atom stereocenters. The molecule has 0 radical (unpaired) electrons. The van der Waals surface area contributed by atoms with Crippen LogP contribution in [0.25, 0.3) is 0 Å². The third-order valence-corrected chi connectivity index (χ3v) is 4.54. The predicted octanol–water partition coefficient (Wildman–Crippen LogP) is 3.04. The van der Waals surface area contributed by atoms with E-state index in [-0.39, 0.29) is 11.7 Å². The molecule has 1 aliphatic carbocycles. The molecule has 0 aromatic heterocycles. The molecule has 1 aromatic carbocycles. The summed E-state index contributed by atoms with van der Waals surface area (Å²) < 4.78 is 24.3. The van der Waals surface area contributed by atoms with E-state index in [1.807, 2.05) is 24.3 Å². The summed E-state index contributed by atoms with van der Waals surface area (Å²) in [6.07, 6.45) is 2.36. The normalized spacial score (nSPS) is 29.3. The quantitative estimate of drug-likeness (QED) is 0.784. The molecular formula is C16H21BrO4. The molecule has 0 unspecified atom stereocenters. The van der Waals surface area contributed by atoms with E-state index in [2.05, 4.69) is 15.9 Å². The van der Waals surface area contributed by atoms with Crippen LogP contribution in [0.5, 0.6) is 5.75 Å². The lowest BCUT2D eigenvalue weighted by Gasteiger charge is -2.40. The largest absolute Gasteiger partial charge is 0.491 e. The van der Waals surface area contributed by atoms with E-state index in [9.17, 15) is 0 Å². The number of halogens is 1. The standard InChI is InChI=1S/C16H21BrO4/c1-18-10-16(12-2-3-12)11-19-8-15(21-16)9-20-14-6-4-13(17)5-7-14/h4-7,12,15H,2-3,8-11H2,1H3/t15-,16+/m0/s1. The van der Waals surface area contributed by atoms with Gasteiger partial charge in [0.15, 0.2) is 0 Å². The Kier molecular flexibility index (Phi) is 4.84. The summed E-state index contributed by atoms with van der Waals surface area (Å²) in [7, 11) is 1.72. The van der Waals surface area contributed by atoms with Crippen LogP contribution in [-0.2, 0) is 14.2 Å². The van der Waals surface area contributed by atoms with Crippen molar-refractivity contribution in [1.29, 1.82) is 0 Å². The van der Waals surface area contributed by atoms with Crippen molar-refractivity contribution < 1.29 is 18.9 Å². The molecular weight excluding hydrogens is 336 g/mol. The fourth-order valence-electron chi connectivity index (χ4n) is 2.83. The first kappa shape index (κ1) is 15.3. The second-order valence-corrected chi connectivity index (χ2v) is 6.71. The van der Waals surface area contributed by atoms with Crippen LogP contribution in [-0.4, -0.2) is 45.2 Å². The van der Waals surface area contributed by atoms with Crippen molar-refractivity contribution in [3.05, 3.63) is 28.7 Å². The van der Waals surface area contributed by atoms with Crippen molar-refractivity contribution >= 4 is 15.9 Å². The van der Waals surface area contributed by atoms with Crippen molar-refractivity contribution in [2.24, 2.45) is 5.92 Å². The van der Waals surface area contributed by atoms with Gasteiger partial charge in [-0.1, -0.05) is 15.9 Å². The number of methoxy groups -OCH3 is 1. The molecule has 116 valence electrons. The average molecular weight is 357 g/mol. The van der Waals surface area contributed by atoms with E-state index in [1.165, 1.54) is 12.8 Å². The maximum absolute atomic E-state index is 6.30. The summed E-state index contributed by atoms with van der Waals surface area (Å²) >= 11 is 3.41. The van der Waals surface area contributed by atoms with Crippen LogP contribution in [0.1, 0.15) is 12.8 Å². The van der Waals surface area contributed by atoms with Crippen LogP contribution in [0, 0.1) is 5.92 Å². The van der Waals surface area contributed by atoms with Crippen LogP contribution in [0.2, 0.25) is 0 Å². The summed E-state index contributed by atoms with van der Waals surface area (Å²) in [5.41, 5.74) is -0.277. The first-order chi connectivity index (χ1) is 10.2. The molecule has 1 saturated heterocycles. The highest BCUT2D eigenvalue weighted by atomic mass is 79.9. The third kappa shape index (κ3) is 3.77. The molecule has 1 saturated carbocycles. The highest BCUT2D eigenvalue weighted by Gasteiger charge is 2.50. The predicted molar refractivity (Wildman–Crippen MR) is 82.7 cm³/mol. The number of benzene rings is 1. The Bertz CT molecular complexity index is 456. The lowest BCUT2D eigenvalue weighted by Crippen LogP contribution is -2.53. The number of hydrogen-bond donors (Lipinski definition) is 0. The minimum Gasteiger partial charge on any atom is -0.491 e. The summed E-state index contributed by atoms with van der Waals surface area (Å²) in [5.74, 6) is 1.41. The second kappa shape index (κ2) is 6.65. The van der Waals surface area contributed by atoms with Gasteiger partial charge in [-0.3, -0.25) is 0 Å². The Morgan fingerprint density at radius 3 is 2.71 bits per heavy atom. The minimum atomic E-state index is -0.277. The molecule has 3 rings (SSSR count). The van der Waals surface area contributed by atoms with Gasteiger partial charge in [-0.05, 0) is 43.0 Å². The Hall–Kier alpha value is -0.620. The fourth-order valence-corrected chi connectivity index (χ4v) is 3.09. The molecule has 1 heterocycles. The molecule has 0 bridgehead atoms. The van der Waals surface area contributed by atoms with Gasteiger partial charge in [-0.15, -0.1) is 0 Å². The van der Waals surface area contributed by atoms with E-state index in [0.717, 1.165) is 10.2 Å². The highest BCUT2D eigenvalue weighted by Crippen LogP contribution is 2.44. The van der Waals surface area contributed by atoms with Crippen molar-refractivity contribution in [2.75, 3.05) is 33.5 Å². The molecule has 1 aliphatic heterocycles. The SMILES string of the molecule is COC[C@]1(C2CC2)COC[C@@H](COc2ccc(Br)cc2)O1. The van der Waals surface area contributed by atoms with E-state index < -0.39 is 0 Å². The Labute approximate surface area is 133 Å². The molecule has 2 aliphatic rings. The lowest BCUT2D eigenvalue weighted by atomic mass is 9.98. The lowest BCUT2D eigenvalue weighted by molar-refractivity contribution is -0.230. The van der Waals surface area contributed by atoms with Crippen LogP contribution in [0.4, 0.5) is 0 Å². The molecule has 0 spiro atoms. The van der Waals surface area contributed by atoms with Gasteiger partial charge in [0.05, 0.1) is 19.8 Å². The molecule has 1 aromatic rings. The van der Waals surface area contributed by atoms with Gasteiger partial charge < -0.3 is 18.9 Å². The molecule has 4 nitrogen and oxygen atoms in total. The summed E-state index contributed by atoms with van der Waals surface area (Å²) in [6, 6.07) is 7.81. The number of rotatable bonds is 6. The van der Waals surface area contributed by atoms with Gasteiger partial charge in [0.25, 0.3) is 0 Å². The van der Waals surface area contributed by atoms with Crippen LogP contribution in [0.15, 0.2) is 28.7 Å². The minimum absolute atomic E-state index is 0.0434. The molecule has 21 heavy (non-hydrogen) atoms. The van der Waals surface area contributed by atoms with E-state index in [1.54, 1.807) is 7.11 Å². The summed E-state index contributed by atoms with van der Waals surface area (Å²) in [6.45, 7) is 2.29. The van der Waals surface area contributed by atoms with Crippen molar-refractivity contribution in [1.82, 2.24) is 0 Å². The Morgan fingerprint density at radius 2 is 2.05 bits per heavy atom. The van der Waals surface area contributed by atoms with Crippen molar-refractivity contribution in [3.8, 4) is 5.75 Å². The van der Waals surface area contributed by atoms with Crippen LogP contribution >= 0.6 is 15.9 Å². The van der Waals surface area contributed by atoms with Crippen molar-refractivity contribution in [3.63, 3.8) is 0 Å². The maximum Gasteiger partial charge on any atom is 0.119 e. The first-order valence-corrected chi connectivity index (χ1v) is 8.14. The van der Waals surface area contributed by atoms with Gasteiger partial charge in [0.1, 0.15) is 24.1 Å². The maximum atomic E-state index is 6.30. The molecule has 0 N–H and O–H groups in total. The smallest absolute Gasteiger partial charge is 0.119 e. The topological polar surface area (TPSA) is 36.9 Å². The van der Waals surface area contributed by atoms with Gasteiger partial charge >= 0.3 is 0 Å². The molecule has 5 heteroatoms. The first-order valence-electron chi connectivity index (χ1n) is 7.35. The summed E-state index contributed by atoms with van der Waals surface area (Å²) in [4.78, 5) is 0. The van der Waals surface area contributed by atoms with Gasteiger partial charge in [-0.2, -0.15) is 0 Å². The van der Waals surface area contributed by atoms with Crippen LogP contribution < -0.4 is 4.74 Å². The van der Waals surface area contributed by atoms with E-state index >= 15 is 0 Å². The number of ether oxygens (including phenoxy) is 4. The van der Waals surface area contributed by atoms with E-state index in [4.69, 9.17) is 18.9 Å². The van der Waals surface area contributed by atoms with Gasteiger partial charge in [-0.25, -0.2) is 0 Å². The average Bonchev–Trinajstić information content (AvgIpc) is 3.32. The zero-order valence-corrected chi connectivity index (χ0v) is 13.8. The van der Waals surface area contributed by atoms with Gasteiger partial charge in [0, 0.05) is 11.6 Å². The van der Waals surface area contributed by atoms with Crippen molar-refractivity contribution in [2.45, 2.75) is 24.5 Å². The molecule has 0 amide bonds. The summed E-state index contributed by atoms with van der Waals surface area (Å²) in [5, 5.41) is 0. The second-order valence-electron chi connectivity index (χ2n) is 5.79. The van der Waals surface area contributed by atoms with Gasteiger partial charge in [0.2, 0.25) is 0 Å². The van der Waals surface area contributed by atoms with E-state index in [0.29, 0.717) is 32.3 Å². The van der Waals surface area contributed by atoms with Crippen LogP contribution in [0.3, 0.4) is 0 Å². The number of hydrogen-bond acceptors (Lipinski definition) is 4. The third-order valence-electron chi connectivity index (χ3n) is 4.01. The fraction of sp³-hybridized carbons (Fsp3) is 0.625. The molecule has 2 fully saturated rings. The monoisotopic (exact) mass is 356 g/mol. The zero-order valence-electron chi connectivity index (χ0n) is 12.2. The Morgan fingerprint density at radius 1 is 1.29 bits per heavy atom.